The Morgan fingerprint density at radius 1 is 1.19 bits per heavy atom. The Balaban J connectivity index is 2.05. The summed E-state index contributed by atoms with van der Waals surface area (Å²) < 4.78 is 25.9. The van der Waals surface area contributed by atoms with Crippen LogP contribution in [0.1, 0.15) is 72.1 Å². The van der Waals surface area contributed by atoms with Gasteiger partial charge in [-0.05, 0) is 49.4 Å². The molecule has 3 atom stereocenters. The minimum absolute atomic E-state index is 0.0935. The summed E-state index contributed by atoms with van der Waals surface area (Å²) in [7, 11) is 1.76. The van der Waals surface area contributed by atoms with Crippen molar-refractivity contribution in [3.05, 3.63) is 47.4 Å². The van der Waals surface area contributed by atoms with Gasteiger partial charge in [-0.2, -0.15) is 0 Å². The zero-order valence-corrected chi connectivity index (χ0v) is 22.4. The van der Waals surface area contributed by atoms with Gasteiger partial charge < -0.3 is 19.9 Å². The summed E-state index contributed by atoms with van der Waals surface area (Å²) in [5.74, 6) is -2.28. The minimum atomic E-state index is -0.954. The summed E-state index contributed by atoms with van der Waals surface area (Å²) in [5, 5.41) is 13.0. The second-order valence-corrected chi connectivity index (χ2v) is 11.1. The van der Waals surface area contributed by atoms with E-state index in [-0.39, 0.29) is 17.8 Å². The molecule has 2 aromatic rings. The predicted molar refractivity (Wildman–Crippen MR) is 139 cm³/mol. The van der Waals surface area contributed by atoms with E-state index in [0.29, 0.717) is 18.1 Å². The molecule has 0 saturated carbocycles. The molecule has 0 spiro atoms. The number of aliphatic carboxylic acids is 1. The Morgan fingerprint density at radius 2 is 1.83 bits per heavy atom. The molecule has 1 aliphatic rings. The van der Waals surface area contributed by atoms with Gasteiger partial charge in [-0.3, -0.25) is 4.79 Å². The smallest absolute Gasteiger partial charge is 0.309 e. The number of carboxylic acid groups (broad SMARTS) is 1. The van der Waals surface area contributed by atoms with Crippen LogP contribution in [0.25, 0.3) is 17.3 Å². The molecular formula is C28H38FN3O4. The number of rotatable bonds is 7. The summed E-state index contributed by atoms with van der Waals surface area (Å²) in [6, 6.07) is 6.21. The fourth-order valence-electron chi connectivity index (χ4n) is 4.73. The molecule has 2 heterocycles. The molecule has 1 aromatic carbocycles. The van der Waals surface area contributed by atoms with Crippen LogP contribution in [-0.4, -0.2) is 46.1 Å². The Bertz CT molecular complexity index is 1110. The third kappa shape index (κ3) is 6.48. The van der Waals surface area contributed by atoms with Crippen LogP contribution >= 0.6 is 0 Å². The van der Waals surface area contributed by atoms with Crippen molar-refractivity contribution in [2.75, 3.05) is 12.4 Å². The third-order valence-electron chi connectivity index (χ3n) is 6.25. The lowest BCUT2D eigenvalue weighted by Gasteiger charge is -2.44. The number of carboxylic acids is 1. The van der Waals surface area contributed by atoms with Crippen molar-refractivity contribution in [1.82, 2.24) is 9.97 Å². The highest BCUT2D eigenvalue weighted by Crippen LogP contribution is 2.39. The third-order valence-corrected chi connectivity index (χ3v) is 6.25. The van der Waals surface area contributed by atoms with E-state index in [2.05, 4.69) is 24.1 Å². The number of ether oxygens (including phenoxy) is 2. The van der Waals surface area contributed by atoms with Crippen LogP contribution in [-0.2, 0) is 14.3 Å². The summed E-state index contributed by atoms with van der Waals surface area (Å²) in [5.41, 5.74) is 2.60. The maximum absolute atomic E-state index is 13.6. The van der Waals surface area contributed by atoms with Crippen molar-refractivity contribution in [1.29, 1.82) is 0 Å². The number of nitrogens with zero attached hydrogens (tertiary/aromatic N) is 2. The number of halogens is 1. The molecule has 8 heteroatoms. The highest BCUT2D eigenvalue weighted by atomic mass is 19.1. The van der Waals surface area contributed by atoms with Gasteiger partial charge in [0, 0.05) is 24.6 Å². The van der Waals surface area contributed by atoms with Crippen LogP contribution in [0.15, 0.2) is 30.3 Å². The largest absolute Gasteiger partial charge is 0.481 e. The van der Waals surface area contributed by atoms with E-state index in [1.54, 1.807) is 33.0 Å². The average Bonchev–Trinajstić information content (AvgIpc) is 2.75. The summed E-state index contributed by atoms with van der Waals surface area (Å²) >= 11 is 0. The summed E-state index contributed by atoms with van der Waals surface area (Å²) in [4.78, 5) is 21.5. The standard InChI is InChI=1S/C28H38FN3O4/c1-16(2)23-20(24(32-26(30-8)31-23)17-9-11-18(29)12-10-17)14-13-19-15-21(36-28(6,7)35-19)22(25(33)34)27(3,4)5/h9-14,16,19,21-22H,15H2,1-8H3,(H,33,34)(H,30,31,32)/t19-,21-,22?/m1/s1. The van der Waals surface area contributed by atoms with Gasteiger partial charge in [0.25, 0.3) is 0 Å². The topological polar surface area (TPSA) is 93.6 Å². The first-order chi connectivity index (χ1) is 16.7. The summed E-state index contributed by atoms with van der Waals surface area (Å²) in [6.45, 7) is 13.4. The molecule has 2 N–H and O–H groups in total. The van der Waals surface area contributed by atoms with Gasteiger partial charge >= 0.3 is 5.97 Å². The lowest BCUT2D eigenvalue weighted by Crippen LogP contribution is -2.51. The lowest BCUT2D eigenvalue weighted by atomic mass is 9.75. The molecule has 1 saturated heterocycles. The fourth-order valence-corrected chi connectivity index (χ4v) is 4.73. The SMILES string of the molecule is CNc1nc(-c2ccc(F)cc2)c(C=C[C@@H]2C[C@H](C(C(=O)O)C(C)(C)C)OC(C)(C)O2)c(C(C)C)n1. The van der Waals surface area contributed by atoms with Crippen molar-refractivity contribution in [2.45, 2.75) is 78.8 Å². The van der Waals surface area contributed by atoms with E-state index in [4.69, 9.17) is 14.5 Å². The van der Waals surface area contributed by atoms with Crippen molar-refractivity contribution in [3.8, 4) is 11.3 Å². The van der Waals surface area contributed by atoms with Gasteiger partial charge in [-0.15, -0.1) is 0 Å². The van der Waals surface area contributed by atoms with Crippen LogP contribution in [0, 0.1) is 17.2 Å². The Kier molecular flexibility index (Phi) is 8.20. The zero-order chi connectivity index (χ0) is 26.8. The number of hydrogen-bond acceptors (Lipinski definition) is 6. The molecule has 1 unspecified atom stereocenters. The quantitative estimate of drug-likeness (QED) is 0.474. The Morgan fingerprint density at radius 3 is 2.36 bits per heavy atom. The number of anilines is 1. The molecule has 36 heavy (non-hydrogen) atoms. The van der Waals surface area contributed by atoms with Gasteiger partial charge in [-0.1, -0.05) is 46.8 Å². The maximum Gasteiger partial charge on any atom is 0.309 e. The lowest BCUT2D eigenvalue weighted by molar-refractivity contribution is -0.302. The Hall–Kier alpha value is -2.84. The van der Waals surface area contributed by atoms with Crippen LogP contribution in [0.3, 0.4) is 0 Å². The number of aromatic nitrogens is 2. The predicted octanol–water partition coefficient (Wildman–Crippen LogP) is 6.12. The van der Waals surface area contributed by atoms with E-state index in [0.717, 1.165) is 16.8 Å². The monoisotopic (exact) mass is 499 g/mol. The van der Waals surface area contributed by atoms with E-state index >= 15 is 0 Å². The minimum Gasteiger partial charge on any atom is -0.481 e. The second-order valence-electron chi connectivity index (χ2n) is 11.1. The van der Waals surface area contributed by atoms with Gasteiger partial charge in [-0.25, -0.2) is 14.4 Å². The van der Waals surface area contributed by atoms with Crippen LogP contribution < -0.4 is 5.32 Å². The van der Waals surface area contributed by atoms with Gasteiger partial charge in [0.15, 0.2) is 5.79 Å². The molecule has 1 aliphatic heterocycles. The van der Waals surface area contributed by atoms with Crippen LogP contribution in [0.5, 0.6) is 0 Å². The highest BCUT2D eigenvalue weighted by Gasteiger charge is 2.45. The van der Waals surface area contributed by atoms with Crippen molar-refractivity contribution in [3.63, 3.8) is 0 Å². The number of benzene rings is 1. The number of nitrogens with one attached hydrogen (secondary N) is 1. The Labute approximate surface area is 213 Å². The second kappa shape index (κ2) is 10.6. The van der Waals surface area contributed by atoms with Gasteiger partial charge in [0.2, 0.25) is 5.95 Å². The molecule has 1 fully saturated rings. The molecule has 7 nitrogen and oxygen atoms in total. The van der Waals surface area contributed by atoms with E-state index in [1.807, 2.05) is 32.9 Å². The molecule has 0 radical (unpaired) electrons. The fraction of sp³-hybridized carbons (Fsp3) is 0.536. The molecule has 1 aromatic heterocycles. The molecule has 3 rings (SSSR count). The van der Waals surface area contributed by atoms with Gasteiger partial charge in [0.05, 0.1) is 29.5 Å². The molecule has 0 amide bonds. The number of carbonyl (C=O) groups is 1. The zero-order valence-electron chi connectivity index (χ0n) is 22.4. The van der Waals surface area contributed by atoms with Crippen molar-refractivity contribution < 1.29 is 23.8 Å². The van der Waals surface area contributed by atoms with Crippen LogP contribution in [0.4, 0.5) is 10.3 Å². The average molecular weight is 500 g/mol. The highest BCUT2D eigenvalue weighted by molar-refractivity contribution is 5.75. The number of hydrogen-bond donors (Lipinski definition) is 2. The molecular weight excluding hydrogens is 461 g/mol. The van der Waals surface area contributed by atoms with E-state index in [9.17, 15) is 14.3 Å². The summed E-state index contributed by atoms with van der Waals surface area (Å²) in [6.07, 6.45) is 3.35. The molecule has 0 aliphatic carbocycles. The normalized spacial score (nSPS) is 21.1. The van der Waals surface area contributed by atoms with Crippen LogP contribution in [0.2, 0.25) is 0 Å². The van der Waals surface area contributed by atoms with Crippen molar-refractivity contribution in [2.24, 2.45) is 11.3 Å². The first-order valence-electron chi connectivity index (χ1n) is 12.3. The van der Waals surface area contributed by atoms with Crippen molar-refractivity contribution >= 4 is 18.0 Å². The first kappa shape index (κ1) is 27.7. The molecule has 0 bridgehead atoms. The van der Waals surface area contributed by atoms with E-state index < -0.39 is 29.2 Å². The van der Waals surface area contributed by atoms with E-state index in [1.165, 1.54) is 12.1 Å². The first-order valence-corrected chi connectivity index (χ1v) is 12.3. The maximum atomic E-state index is 13.6. The van der Waals surface area contributed by atoms with Gasteiger partial charge in [0.1, 0.15) is 5.82 Å². The molecule has 196 valence electrons.